The Labute approximate surface area is 98.8 Å². The number of carboxylic acid groups (broad SMARTS) is 1. The van der Waals surface area contributed by atoms with Crippen LogP contribution in [-0.2, 0) is 17.8 Å². The van der Waals surface area contributed by atoms with Gasteiger partial charge in [0, 0.05) is 25.1 Å². The number of fused-ring (bicyclic) bond motifs is 1. The smallest absolute Gasteiger partial charge is 0.354 e. The van der Waals surface area contributed by atoms with Gasteiger partial charge in [0.2, 0.25) is 0 Å². The Balaban J connectivity index is 2.02. The maximum absolute atomic E-state index is 11.4. The third-order valence-corrected chi connectivity index (χ3v) is 3.42. The van der Waals surface area contributed by atoms with Crippen LogP contribution in [0, 0.1) is 0 Å². The van der Waals surface area contributed by atoms with Crippen LogP contribution < -0.4 is 0 Å². The summed E-state index contributed by atoms with van der Waals surface area (Å²) < 4.78 is 7.00. The van der Waals surface area contributed by atoms with E-state index in [1.54, 1.807) is 4.68 Å². The van der Waals surface area contributed by atoms with Gasteiger partial charge in [-0.2, -0.15) is 5.10 Å². The van der Waals surface area contributed by atoms with Gasteiger partial charge >= 0.3 is 5.97 Å². The van der Waals surface area contributed by atoms with Gasteiger partial charge in [-0.25, -0.2) is 4.79 Å². The first-order valence-corrected chi connectivity index (χ1v) is 5.76. The Kier molecular flexibility index (Phi) is 2.41. The Bertz CT molecular complexity index is 463. The predicted molar refractivity (Wildman–Crippen MR) is 59.1 cm³/mol. The van der Waals surface area contributed by atoms with Crippen molar-refractivity contribution in [2.75, 3.05) is 26.7 Å². The lowest BCUT2D eigenvalue weighted by atomic mass is 10.1. The van der Waals surface area contributed by atoms with Crippen LogP contribution in [0.25, 0.3) is 0 Å². The molecule has 2 aliphatic rings. The second-order valence-electron chi connectivity index (χ2n) is 4.70. The van der Waals surface area contributed by atoms with E-state index in [-0.39, 0.29) is 6.04 Å². The highest BCUT2D eigenvalue weighted by Gasteiger charge is 2.33. The van der Waals surface area contributed by atoms with Crippen molar-refractivity contribution >= 4 is 5.97 Å². The lowest BCUT2D eigenvalue weighted by Crippen LogP contribution is -2.46. The standard InChI is InChI=1S/C11H15N3O3/c1-13-4-7(5-13)14-10(11(15)16)8-2-3-17-6-9(8)12-14/h7H,2-6H2,1H3,(H,15,16). The van der Waals surface area contributed by atoms with Crippen LogP contribution in [0.2, 0.25) is 0 Å². The fourth-order valence-corrected chi connectivity index (χ4v) is 2.55. The molecule has 6 nitrogen and oxygen atoms in total. The minimum atomic E-state index is -0.879. The lowest BCUT2D eigenvalue weighted by Gasteiger charge is -2.36. The summed E-state index contributed by atoms with van der Waals surface area (Å²) in [7, 11) is 2.02. The monoisotopic (exact) mass is 237 g/mol. The highest BCUT2D eigenvalue weighted by molar-refractivity contribution is 5.88. The molecule has 0 atom stereocenters. The van der Waals surface area contributed by atoms with Crippen molar-refractivity contribution in [2.24, 2.45) is 0 Å². The van der Waals surface area contributed by atoms with E-state index in [1.165, 1.54) is 0 Å². The van der Waals surface area contributed by atoms with E-state index in [0.717, 1.165) is 24.3 Å². The van der Waals surface area contributed by atoms with Crippen LogP contribution in [0.1, 0.15) is 27.8 Å². The minimum Gasteiger partial charge on any atom is -0.477 e. The molecule has 1 fully saturated rings. The van der Waals surface area contributed by atoms with Crippen LogP contribution in [-0.4, -0.2) is 52.5 Å². The SMILES string of the molecule is CN1CC(n2nc3c(c2C(=O)O)CCOC3)C1. The van der Waals surface area contributed by atoms with E-state index in [0.29, 0.717) is 25.3 Å². The number of nitrogens with zero attached hydrogens (tertiary/aromatic N) is 3. The topological polar surface area (TPSA) is 67.6 Å². The van der Waals surface area contributed by atoms with E-state index in [4.69, 9.17) is 4.74 Å². The summed E-state index contributed by atoms with van der Waals surface area (Å²) in [5.41, 5.74) is 2.02. The number of hydrogen-bond acceptors (Lipinski definition) is 4. The molecular weight excluding hydrogens is 222 g/mol. The second kappa shape index (κ2) is 3.82. The van der Waals surface area contributed by atoms with E-state index in [9.17, 15) is 9.90 Å². The van der Waals surface area contributed by atoms with Gasteiger partial charge in [-0.1, -0.05) is 0 Å². The molecule has 6 heteroatoms. The average Bonchev–Trinajstić information content (AvgIpc) is 2.63. The van der Waals surface area contributed by atoms with E-state index < -0.39 is 5.97 Å². The Morgan fingerprint density at radius 3 is 2.94 bits per heavy atom. The molecule has 1 aromatic heterocycles. The number of carboxylic acids is 1. The molecule has 1 N–H and O–H groups in total. The van der Waals surface area contributed by atoms with Crippen LogP contribution in [0.5, 0.6) is 0 Å². The highest BCUT2D eigenvalue weighted by atomic mass is 16.5. The van der Waals surface area contributed by atoms with Crippen molar-refractivity contribution in [3.8, 4) is 0 Å². The number of hydrogen-bond donors (Lipinski definition) is 1. The van der Waals surface area contributed by atoms with Crippen molar-refractivity contribution in [1.29, 1.82) is 0 Å². The molecule has 0 amide bonds. The molecule has 0 spiro atoms. The number of aromatic carboxylic acids is 1. The molecule has 17 heavy (non-hydrogen) atoms. The van der Waals surface area contributed by atoms with Crippen molar-refractivity contribution in [1.82, 2.24) is 14.7 Å². The van der Waals surface area contributed by atoms with Gasteiger partial charge < -0.3 is 14.7 Å². The summed E-state index contributed by atoms with van der Waals surface area (Å²) in [5, 5.41) is 13.7. The van der Waals surface area contributed by atoms with Crippen LogP contribution >= 0.6 is 0 Å². The quantitative estimate of drug-likeness (QED) is 0.792. The van der Waals surface area contributed by atoms with Crippen molar-refractivity contribution in [2.45, 2.75) is 19.1 Å². The maximum atomic E-state index is 11.4. The number of rotatable bonds is 2. The van der Waals surface area contributed by atoms with Gasteiger partial charge in [0.25, 0.3) is 0 Å². The average molecular weight is 237 g/mol. The molecule has 92 valence electrons. The fraction of sp³-hybridized carbons (Fsp3) is 0.636. The molecule has 2 aliphatic heterocycles. The molecule has 1 saturated heterocycles. The van der Waals surface area contributed by atoms with Gasteiger partial charge in [0.05, 0.1) is 24.9 Å². The summed E-state index contributed by atoms with van der Waals surface area (Å²) >= 11 is 0. The summed E-state index contributed by atoms with van der Waals surface area (Å²) in [6.45, 7) is 2.75. The molecule has 3 rings (SSSR count). The first-order chi connectivity index (χ1) is 8.16. The Hall–Kier alpha value is -1.40. The van der Waals surface area contributed by atoms with Gasteiger partial charge in [-0.15, -0.1) is 0 Å². The molecule has 0 bridgehead atoms. The van der Waals surface area contributed by atoms with Crippen LogP contribution in [0.15, 0.2) is 0 Å². The van der Waals surface area contributed by atoms with Gasteiger partial charge in [0.15, 0.2) is 0 Å². The highest BCUT2D eigenvalue weighted by Crippen LogP contribution is 2.27. The normalized spacial score (nSPS) is 21.0. The van der Waals surface area contributed by atoms with E-state index in [2.05, 4.69) is 10.00 Å². The molecule has 0 unspecified atom stereocenters. The third-order valence-electron chi connectivity index (χ3n) is 3.42. The molecular formula is C11H15N3O3. The van der Waals surface area contributed by atoms with Gasteiger partial charge in [-0.3, -0.25) is 4.68 Å². The summed E-state index contributed by atoms with van der Waals surface area (Å²) in [6, 6.07) is 0.191. The van der Waals surface area contributed by atoms with Crippen LogP contribution in [0.4, 0.5) is 0 Å². The Morgan fingerprint density at radius 1 is 1.53 bits per heavy atom. The summed E-state index contributed by atoms with van der Waals surface area (Å²) in [4.78, 5) is 13.5. The van der Waals surface area contributed by atoms with Crippen LogP contribution in [0.3, 0.4) is 0 Å². The summed E-state index contributed by atoms with van der Waals surface area (Å²) in [6.07, 6.45) is 0.652. The molecule has 0 saturated carbocycles. The van der Waals surface area contributed by atoms with E-state index in [1.807, 2.05) is 7.05 Å². The lowest BCUT2D eigenvalue weighted by molar-refractivity contribution is 0.0655. The van der Waals surface area contributed by atoms with Crippen molar-refractivity contribution < 1.29 is 14.6 Å². The first-order valence-electron chi connectivity index (χ1n) is 5.76. The minimum absolute atomic E-state index is 0.191. The zero-order valence-corrected chi connectivity index (χ0v) is 9.72. The molecule has 0 radical (unpaired) electrons. The number of likely N-dealkylation sites (tertiary alicyclic amines) is 1. The number of aromatic nitrogens is 2. The number of carbonyl (C=O) groups is 1. The molecule has 0 aromatic carbocycles. The van der Waals surface area contributed by atoms with E-state index >= 15 is 0 Å². The number of likely N-dealkylation sites (N-methyl/N-ethyl adjacent to an activating group) is 1. The van der Waals surface area contributed by atoms with Gasteiger partial charge in [0.1, 0.15) is 5.69 Å². The maximum Gasteiger partial charge on any atom is 0.354 e. The zero-order chi connectivity index (χ0) is 12.0. The Morgan fingerprint density at radius 2 is 2.29 bits per heavy atom. The molecule has 1 aromatic rings. The molecule has 3 heterocycles. The first kappa shape index (κ1) is 10.7. The summed E-state index contributed by atoms with van der Waals surface area (Å²) in [5.74, 6) is -0.879. The third kappa shape index (κ3) is 1.64. The molecule has 0 aliphatic carbocycles. The number of ether oxygens (including phenoxy) is 1. The predicted octanol–water partition coefficient (Wildman–Crippen LogP) is 0.140. The largest absolute Gasteiger partial charge is 0.477 e. The van der Waals surface area contributed by atoms with Crippen molar-refractivity contribution in [3.63, 3.8) is 0 Å². The zero-order valence-electron chi connectivity index (χ0n) is 9.72. The fourth-order valence-electron chi connectivity index (χ4n) is 2.55. The second-order valence-corrected chi connectivity index (χ2v) is 4.70. The van der Waals surface area contributed by atoms with Crippen molar-refractivity contribution in [3.05, 3.63) is 17.0 Å². The van der Waals surface area contributed by atoms with Gasteiger partial charge in [-0.05, 0) is 7.05 Å².